The van der Waals surface area contributed by atoms with Gasteiger partial charge >= 0.3 is 11.9 Å². The van der Waals surface area contributed by atoms with Crippen molar-refractivity contribution in [2.75, 3.05) is 20.2 Å². The van der Waals surface area contributed by atoms with Crippen LogP contribution in [0.2, 0.25) is 0 Å². The molecule has 20 heavy (non-hydrogen) atoms. The van der Waals surface area contributed by atoms with Gasteiger partial charge in [0.2, 0.25) is 0 Å². The standard InChI is InChI=1S/C11H20N2O6S/c1-19-10(14)6-5-9(11(15)16)12-20(17,18)13-7-3-2-4-8-13/h9,12H,2-8H2,1H3,(H,15,16). The Morgan fingerprint density at radius 3 is 2.40 bits per heavy atom. The number of hydrogen-bond donors (Lipinski definition) is 2. The molecule has 0 aromatic carbocycles. The minimum absolute atomic E-state index is 0.144. The van der Waals surface area contributed by atoms with Gasteiger partial charge in [0, 0.05) is 19.5 Å². The number of hydrogen-bond acceptors (Lipinski definition) is 5. The van der Waals surface area contributed by atoms with E-state index in [0.717, 1.165) is 19.3 Å². The van der Waals surface area contributed by atoms with Gasteiger partial charge in [-0.2, -0.15) is 17.4 Å². The number of methoxy groups -OCH3 is 1. The molecule has 1 rings (SSSR count). The first-order valence-electron chi connectivity index (χ1n) is 6.44. The van der Waals surface area contributed by atoms with Crippen molar-refractivity contribution in [1.82, 2.24) is 9.03 Å². The summed E-state index contributed by atoms with van der Waals surface area (Å²) in [6, 6.07) is -1.33. The highest BCUT2D eigenvalue weighted by Gasteiger charge is 2.30. The van der Waals surface area contributed by atoms with E-state index in [2.05, 4.69) is 9.46 Å². The third-order valence-corrected chi connectivity index (χ3v) is 4.74. The number of nitrogens with zero attached hydrogens (tertiary/aromatic N) is 1. The van der Waals surface area contributed by atoms with Crippen LogP contribution in [-0.4, -0.2) is 56.0 Å². The SMILES string of the molecule is COC(=O)CCC(NS(=O)(=O)N1CCCCC1)C(=O)O. The molecule has 0 bridgehead atoms. The predicted octanol–water partition coefficient (Wildman–Crippen LogP) is -0.287. The molecule has 1 fully saturated rings. The second kappa shape index (κ2) is 7.55. The largest absolute Gasteiger partial charge is 0.480 e. The van der Waals surface area contributed by atoms with Crippen molar-refractivity contribution in [3.05, 3.63) is 0 Å². The van der Waals surface area contributed by atoms with Crippen LogP contribution in [0.1, 0.15) is 32.1 Å². The van der Waals surface area contributed by atoms with Gasteiger partial charge in [0.1, 0.15) is 6.04 Å². The monoisotopic (exact) mass is 308 g/mol. The first-order chi connectivity index (χ1) is 9.36. The molecule has 116 valence electrons. The van der Waals surface area contributed by atoms with Crippen molar-refractivity contribution in [3.63, 3.8) is 0 Å². The van der Waals surface area contributed by atoms with Crippen LogP contribution in [0.25, 0.3) is 0 Å². The van der Waals surface area contributed by atoms with Crippen LogP contribution in [-0.2, 0) is 24.5 Å². The van der Waals surface area contributed by atoms with Gasteiger partial charge in [0.15, 0.2) is 0 Å². The molecule has 1 atom stereocenters. The second-order valence-electron chi connectivity index (χ2n) is 4.59. The van der Waals surface area contributed by atoms with Crippen LogP contribution >= 0.6 is 0 Å². The Hall–Kier alpha value is -1.19. The number of esters is 1. The van der Waals surface area contributed by atoms with Crippen molar-refractivity contribution >= 4 is 22.1 Å². The van der Waals surface area contributed by atoms with Gasteiger partial charge in [-0.3, -0.25) is 9.59 Å². The van der Waals surface area contributed by atoms with Crippen molar-refractivity contribution in [2.24, 2.45) is 0 Å². The molecule has 1 saturated heterocycles. The molecule has 1 unspecified atom stereocenters. The van der Waals surface area contributed by atoms with Crippen LogP contribution in [0.3, 0.4) is 0 Å². The molecule has 0 radical (unpaired) electrons. The van der Waals surface area contributed by atoms with Crippen molar-refractivity contribution in [3.8, 4) is 0 Å². The molecule has 8 nitrogen and oxygen atoms in total. The number of aliphatic carboxylic acids is 1. The fourth-order valence-electron chi connectivity index (χ4n) is 1.96. The molecular weight excluding hydrogens is 288 g/mol. The molecule has 0 spiro atoms. The normalized spacial score (nSPS) is 18.4. The molecule has 1 aliphatic heterocycles. The van der Waals surface area contributed by atoms with E-state index in [1.807, 2.05) is 0 Å². The van der Waals surface area contributed by atoms with E-state index in [1.54, 1.807) is 0 Å². The average molecular weight is 308 g/mol. The number of carboxylic acid groups (broad SMARTS) is 1. The smallest absolute Gasteiger partial charge is 0.321 e. The van der Waals surface area contributed by atoms with Crippen LogP contribution in [0.4, 0.5) is 0 Å². The molecule has 1 heterocycles. The van der Waals surface area contributed by atoms with Crippen LogP contribution in [0.5, 0.6) is 0 Å². The van der Waals surface area contributed by atoms with Gasteiger partial charge in [-0.1, -0.05) is 6.42 Å². The highest BCUT2D eigenvalue weighted by atomic mass is 32.2. The highest BCUT2D eigenvalue weighted by Crippen LogP contribution is 2.13. The zero-order chi connectivity index (χ0) is 15.2. The number of ether oxygens (including phenoxy) is 1. The second-order valence-corrected chi connectivity index (χ2v) is 6.29. The van der Waals surface area contributed by atoms with Crippen molar-refractivity contribution in [1.29, 1.82) is 0 Å². The lowest BCUT2D eigenvalue weighted by molar-refractivity contribution is -0.142. The van der Waals surface area contributed by atoms with E-state index in [-0.39, 0.29) is 12.8 Å². The molecule has 9 heteroatoms. The van der Waals surface area contributed by atoms with Gasteiger partial charge in [0.25, 0.3) is 10.2 Å². The minimum atomic E-state index is -3.83. The lowest BCUT2D eigenvalue weighted by Gasteiger charge is -2.27. The zero-order valence-corrected chi connectivity index (χ0v) is 12.2. The van der Waals surface area contributed by atoms with Gasteiger partial charge in [-0.05, 0) is 19.3 Å². The van der Waals surface area contributed by atoms with Crippen molar-refractivity contribution in [2.45, 2.75) is 38.1 Å². The summed E-state index contributed by atoms with van der Waals surface area (Å²) >= 11 is 0. The topological polar surface area (TPSA) is 113 Å². The quantitative estimate of drug-likeness (QED) is 0.625. The Labute approximate surface area is 118 Å². The minimum Gasteiger partial charge on any atom is -0.480 e. The number of nitrogens with one attached hydrogen (secondary N) is 1. The van der Waals surface area contributed by atoms with Gasteiger partial charge < -0.3 is 9.84 Å². The van der Waals surface area contributed by atoms with E-state index in [0.29, 0.717) is 13.1 Å². The molecular formula is C11H20N2O6S. The highest BCUT2D eigenvalue weighted by molar-refractivity contribution is 7.87. The fraction of sp³-hybridized carbons (Fsp3) is 0.818. The number of rotatable bonds is 7. The summed E-state index contributed by atoms with van der Waals surface area (Å²) < 4.78 is 31.9. The maximum Gasteiger partial charge on any atom is 0.321 e. The first-order valence-corrected chi connectivity index (χ1v) is 7.88. The number of piperidine rings is 1. The molecule has 0 amide bonds. The van der Waals surface area contributed by atoms with Gasteiger partial charge in [-0.25, -0.2) is 0 Å². The van der Waals surface area contributed by atoms with Crippen LogP contribution in [0, 0.1) is 0 Å². The van der Waals surface area contributed by atoms with E-state index in [1.165, 1.54) is 11.4 Å². The number of carbonyl (C=O) groups is 2. The summed E-state index contributed by atoms with van der Waals surface area (Å²) in [5.41, 5.74) is 0. The molecule has 0 aliphatic carbocycles. The third kappa shape index (κ3) is 5.06. The predicted molar refractivity (Wildman–Crippen MR) is 70.2 cm³/mol. The van der Waals surface area contributed by atoms with Crippen LogP contribution in [0.15, 0.2) is 0 Å². The molecule has 0 aromatic heterocycles. The van der Waals surface area contributed by atoms with E-state index in [4.69, 9.17) is 5.11 Å². The maximum atomic E-state index is 12.0. The van der Waals surface area contributed by atoms with E-state index >= 15 is 0 Å². The summed E-state index contributed by atoms with van der Waals surface area (Å²) in [5.74, 6) is -1.89. The Morgan fingerprint density at radius 1 is 1.30 bits per heavy atom. The van der Waals surface area contributed by atoms with E-state index in [9.17, 15) is 18.0 Å². The van der Waals surface area contributed by atoms with Crippen molar-refractivity contribution < 1.29 is 27.9 Å². The Kier molecular flexibility index (Phi) is 6.37. The first kappa shape index (κ1) is 16.9. The summed E-state index contributed by atoms with van der Waals surface area (Å²) in [6.07, 6.45) is 2.20. The molecule has 1 aliphatic rings. The molecule has 0 aromatic rings. The summed E-state index contributed by atoms with van der Waals surface area (Å²) in [4.78, 5) is 22.1. The Morgan fingerprint density at radius 2 is 1.90 bits per heavy atom. The maximum absolute atomic E-state index is 12.0. The number of carboxylic acids is 1. The lowest BCUT2D eigenvalue weighted by Crippen LogP contribution is -2.49. The fourth-order valence-corrected chi connectivity index (χ4v) is 3.42. The summed E-state index contributed by atoms with van der Waals surface area (Å²) in [6.45, 7) is 0.775. The zero-order valence-electron chi connectivity index (χ0n) is 11.4. The molecule has 0 saturated carbocycles. The summed E-state index contributed by atoms with van der Waals surface area (Å²) in [7, 11) is -2.64. The summed E-state index contributed by atoms with van der Waals surface area (Å²) in [5, 5.41) is 9.02. The number of carbonyl (C=O) groups excluding carboxylic acids is 1. The lowest BCUT2D eigenvalue weighted by atomic mass is 10.2. The van der Waals surface area contributed by atoms with Gasteiger partial charge in [0.05, 0.1) is 7.11 Å². The molecule has 2 N–H and O–H groups in total. The van der Waals surface area contributed by atoms with Gasteiger partial charge in [-0.15, -0.1) is 0 Å². The third-order valence-electron chi connectivity index (χ3n) is 3.11. The Balaban J connectivity index is 2.63. The van der Waals surface area contributed by atoms with E-state index < -0.39 is 28.2 Å². The van der Waals surface area contributed by atoms with Crippen LogP contribution < -0.4 is 4.72 Å². The Bertz CT molecular complexity index is 444. The average Bonchev–Trinajstić information content (AvgIpc) is 2.43.